The van der Waals surface area contributed by atoms with Crippen LogP contribution in [0.5, 0.6) is 0 Å². The molecule has 6 rings (SSSR count). The number of imide groups is 1. The van der Waals surface area contributed by atoms with Crippen molar-refractivity contribution in [2.75, 3.05) is 49.5 Å². The highest BCUT2D eigenvalue weighted by atomic mass is 32.1. The Morgan fingerprint density at radius 3 is 2.44 bits per heavy atom. The molecule has 13 nitrogen and oxygen atoms in total. The number of carbonyl (C=O) groups is 4. The van der Waals surface area contributed by atoms with E-state index in [-0.39, 0.29) is 60.6 Å². The number of nitrogens with zero attached hydrogens (tertiary/aromatic N) is 6. The molecule has 0 bridgehead atoms. The van der Waals surface area contributed by atoms with Crippen LogP contribution in [-0.2, 0) is 30.1 Å². The van der Waals surface area contributed by atoms with Gasteiger partial charge in [-0.3, -0.25) is 34.3 Å². The maximum absolute atomic E-state index is 14.2. The zero-order chi connectivity index (χ0) is 42.9. The number of piperidine rings is 1. The van der Waals surface area contributed by atoms with Gasteiger partial charge >= 0.3 is 12.4 Å². The normalized spacial score (nSPS) is 24.6. The van der Waals surface area contributed by atoms with Crippen LogP contribution in [-0.4, -0.2) is 118 Å². The van der Waals surface area contributed by atoms with Gasteiger partial charge in [0, 0.05) is 51.4 Å². The average molecular weight is 851 g/mol. The second kappa shape index (κ2) is 17.5. The summed E-state index contributed by atoms with van der Waals surface area (Å²) in [6.45, 7) is 3.44. The van der Waals surface area contributed by atoms with Crippen molar-refractivity contribution >= 4 is 52.5 Å². The van der Waals surface area contributed by atoms with Crippen LogP contribution in [0.2, 0.25) is 0 Å². The van der Waals surface area contributed by atoms with Crippen LogP contribution in [0.4, 0.5) is 37.8 Å². The van der Waals surface area contributed by atoms with Gasteiger partial charge in [0.05, 0.1) is 41.5 Å². The van der Waals surface area contributed by atoms with E-state index in [0.29, 0.717) is 57.4 Å². The lowest BCUT2D eigenvalue weighted by Gasteiger charge is -2.42. The lowest BCUT2D eigenvalue weighted by Crippen LogP contribution is -2.60. The van der Waals surface area contributed by atoms with E-state index in [1.54, 1.807) is 29.7 Å². The van der Waals surface area contributed by atoms with E-state index in [1.807, 2.05) is 0 Å². The summed E-state index contributed by atoms with van der Waals surface area (Å²) in [6.07, 6.45) is -4.86. The molecule has 59 heavy (non-hydrogen) atoms. The van der Waals surface area contributed by atoms with Crippen LogP contribution in [0.25, 0.3) is 0 Å². The minimum Gasteiger partial charge on any atom is -0.378 e. The van der Waals surface area contributed by atoms with E-state index in [4.69, 9.17) is 17.0 Å². The number of rotatable bonds is 11. The van der Waals surface area contributed by atoms with Crippen LogP contribution in [0.3, 0.4) is 0 Å². The molecule has 2 aromatic rings. The molecule has 3 aliphatic heterocycles. The third kappa shape index (κ3) is 9.85. The zero-order valence-electron chi connectivity index (χ0n) is 32.4. The summed E-state index contributed by atoms with van der Waals surface area (Å²) in [5, 5.41) is 14.1. The van der Waals surface area contributed by atoms with Crippen molar-refractivity contribution in [2.24, 2.45) is 0 Å². The fourth-order valence-corrected chi connectivity index (χ4v) is 8.92. The molecular formula is C39H44F6N8O5S. The first kappa shape index (κ1) is 43.9. The number of amides is 4. The number of aromatic nitrogens is 1. The van der Waals surface area contributed by atoms with Gasteiger partial charge in [-0.05, 0) is 100 Å². The molecule has 20 heteroatoms. The van der Waals surface area contributed by atoms with E-state index in [2.05, 4.69) is 15.6 Å². The fraction of sp³-hybridized carbons (Fsp3) is 0.564. The van der Waals surface area contributed by atoms with Crippen molar-refractivity contribution in [3.63, 3.8) is 0 Å². The number of nitrogens with one attached hydrogen (secondary N) is 2. The van der Waals surface area contributed by atoms with Crippen molar-refractivity contribution in [2.45, 2.75) is 101 Å². The highest BCUT2D eigenvalue weighted by Crippen LogP contribution is 2.41. The lowest BCUT2D eigenvalue weighted by atomic mass is 9.89. The number of carbonyl (C=O) groups excluding carboxylic acids is 4. The third-order valence-electron chi connectivity index (χ3n) is 11.4. The number of pyridine rings is 1. The third-order valence-corrected chi connectivity index (χ3v) is 11.8. The number of benzene rings is 1. The zero-order valence-corrected chi connectivity index (χ0v) is 33.2. The average Bonchev–Trinajstić information content (AvgIpc) is 3.34. The second-order valence-corrected chi connectivity index (χ2v) is 16.1. The molecule has 4 heterocycles. The maximum Gasteiger partial charge on any atom is 0.417 e. The number of hydrogen-bond acceptors (Lipinski definition) is 10. The monoisotopic (exact) mass is 850 g/mol. The molecule has 1 aromatic carbocycles. The maximum atomic E-state index is 14.2. The lowest BCUT2D eigenvalue weighted by molar-refractivity contribution is -0.197. The first-order valence-corrected chi connectivity index (χ1v) is 19.7. The Hall–Kier alpha value is -4.71. The summed E-state index contributed by atoms with van der Waals surface area (Å²) >= 11 is 5.68. The van der Waals surface area contributed by atoms with Gasteiger partial charge in [-0.2, -0.15) is 31.6 Å². The highest BCUT2D eigenvalue weighted by molar-refractivity contribution is 7.80. The van der Waals surface area contributed by atoms with Crippen LogP contribution >= 0.6 is 12.2 Å². The second-order valence-electron chi connectivity index (χ2n) is 15.7. The summed E-state index contributed by atoms with van der Waals surface area (Å²) in [5.41, 5.74) is -2.41. The number of nitriles is 1. The van der Waals surface area contributed by atoms with Crippen LogP contribution in [0.1, 0.15) is 81.4 Å². The van der Waals surface area contributed by atoms with Gasteiger partial charge in [-0.25, -0.2) is 4.98 Å². The molecule has 2 atom stereocenters. The number of alkyl halides is 6. The Kier molecular flexibility index (Phi) is 13.0. The smallest absolute Gasteiger partial charge is 0.378 e. The van der Waals surface area contributed by atoms with Gasteiger partial charge < -0.3 is 19.9 Å². The Morgan fingerprint density at radius 1 is 1.05 bits per heavy atom. The number of halogens is 6. The first-order chi connectivity index (χ1) is 27.8. The van der Waals surface area contributed by atoms with Gasteiger partial charge in [0.2, 0.25) is 17.7 Å². The number of piperazine rings is 1. The molecule has 0 spiro atoms. The van der Waals surface area contributed by atoms with E-state index in [0.717, 1.165) is 21.9 Å². The molecule has 1 saturated carbocycles. The molecule has 1 aliphatic carbocycles. The molecule has 3 saturated heterocycles. The quantitative estimate of drug-likeness (QED) is 0.134. The van der Waals surface area contributed by atoms with Crippen molar-refractivity contribution in [1.29, 1.82) is 5.26 Å². The van der Waals surface area contributed by atoms with E-state index in [1.165, 1.54) is 24.4 Å². The summed E-state index contributed by atoms with van der Waals surface area (Å²) in [4.78, 5) is 60.0. The SMILES string of the molecule is CC1(C)C(=O)N(c2ccc(C#N)c(C(F)(F)F)c2)C(=S)N1[C@H]1CC[C@H](OCCCN2CCN(CC(=O)Nc3cc(C4CCC(=O)NC4=O)ccn3)[C@@H](C(F)(F)F)C2)CC1. The summed E-state index contributed by atoms with van der Waals surface area (Å²) < 4.78 is 90.0. The Labute approximate surface area is 342 Å². The van der Waals surface area contributed by atoms with E-state index in [9.17, 15) is 50.8 Å². The van der Waals surface area contributed by atoms with Gasteiger partial charge in [0.1, 0.15) is 17.4 Å². The minimum atomic E-state index is -4.81. The molecule has 2 N–H and O–H groups in total. The summed E-state index contributed by atoms with van der Waals surface area (Å²) in [5.74, 6) is -2.54. The fourth-order valence-electron chi connectivity index (χ4n) is 8.35. The summed E-state index contributed by atoms with van der Waals surface area (Å²) in [7, 11) is 0. The molecule has 4 amide bonds. The number of anilines is 2. The first-order valence-electron chi connectivity index (χ1n) is 19.3. The van der Waals surface area contributed by atoms with Crippen LogP contribution in [0.15, 0.2) is 36.5 Å². The summed E-state index contributed by atoms with van der Waals surface area (Å²) in [6, 6.07) is 5.59. The molecule has 4 aliphatic rings. The van der Waals surface area contributed by atoms with Gasteiger partial charge in [-0.15, -0.1) is 0 Å². The van der Waals surface area contributed by atoms with Crippen molar-refractivity contribution in [1.82, 2.24) is 25.0 Å². The Bertz CT molecular complexity index is 2000. The Balaban J connectivity index is 0.956. The molecule has 1 unspecified atom stereocenters. The van der Waals surface area contributed by atoms with Crippen LogP contribution in [0, 0.1) is 11.3 Å². The molecule has 318 valence electrons. The van der Waals surface area contributed by atoms with E-state index >= 15 is 0 Å². The predicted molar refractivity (Wildman–Crippen MR) is 205 cm³/mol. The largest absolute Gasteiger partial charge is 0.417 e. The molecule has 0 radical (unpaired) electrons. The Morgan fingerprint density at radius 2 is 1.78 bits per heavy atom. The van der Waals surface area contributed by atoms with Crippen molar-refractivity contribution < 1.29 is 50.3 Å². The van der Waals surface area contributed by atoms with Crippen molar-refractivity contribution in [3.05, 3.63) is 53.2 Å². The number of hydrogen-bond donors (Lipinski definition) is 2. The van der Waals surface area contributed by atoms with Gasteiger partial charge in [-0.1, -0.05) is 0 Å². The van der Waals surface area contributed by atoms with Crippen LogP contribution < -0.4 is 15.5 Å². The predicted octanol–water partition coefficient (Wildman–Crippen LogP) is 5.11. The van der Waals surface area contributed by atoms with Crippen molar-refractivity contribution in [3.8, 4) is 6.07 Å². The number of ether oxygens (including phenoxy) is 1. The highest BCUT2D eigenvalue weighted by Gasteiger charge is 2.53. The molecule has 1 aromatic heterocycles. The van der Waals surface area contributed by atoms with Gasteiger partial charge in [0.25, 0.3) is 5.91 Å². The standard InChI is InChI=1S/C39H44F6N8O5S/c1-37(2)35(57)52(26-5-4-24(20-46)29(19-26)38(40,41)42)36(59)53(37)25-6-8-27(9-7-25)58-17-3-14-50-15-16-51(30(21-50)39(43,44)45)22-33(55)48-31-18-23(12-13-47-31)28-10-11-32(54)49-34(28)56/h4-5,12-13,18-19,25,27-28,30H,3,6-11,14-17,21-22H2,1-2H3,(H,47,48,55)(H,49,54,56)/t25-,27-,28?,30-/m1/s1. The topological polar surface area (TPSA) is 151 Å². The van der Waals surface area contributed by atoms with E-state index < -0.39 is 65.2 Å². The molecule has 4 fully saturated rings. The van der Waals surface area contributed by atoms with Gasteiger partial charge in [0.15, 0.2) is 5.11 Å². The number of thiocarbonyl (C=S) groups is 1. The molecular weight excluding hydrogens is 807 g/mol. The minimum absolute atomic E-state index is 0.00444.